The molecule has 0 atom stereocenters. The molecule has 20 heavy (non-hydrogen) atoms. The van der Waals surface area contributed by atoms with Crippen LogP contribution in [-0.2, 0) is 4.74 Å². The molecule has 1 rings (SSSR count). The molecule has 4 nitrogen and oxygen atoms in total. The molecule has 0 aliphatic carbocycles. The lowest BCUT2D eigenvalue weighted by molar-refractivity contribution is 0.0881. The van der Waals surface area contributed by atoms with Gasteiger partial charge in [0.2, 0.25) is 0 Å². The van der Waals surface area contributed by atoms with E-state index < -0.39 is 0 Å². The van der Waals surface area contributed by atoms with Gasteiger partial charge in [0, 0.05) is 6.54 Å². The van der Waals surface area contributed by atoms with Gasteiger partial charge in [0.05, 0.1) is 20.3 Å². The lowest BCUT2D eigenvalue weighted by Gasteiger charge is -2.12. The first kappa shape index (κ1) is 16.5. The second-order valence-corrected chi connectivity index (χ2v) is 4.67. The highest BCUT2D eigenvalue weighted by Gasteiger charge is 2.04. The largest absolute Gasteiger partial charge is 0.493 e. The Kier molecular flexibility index (Phi) is 7.77. The Balaban J connectivity index is 2.39. The maximum atomic E-state index is 5.68. The number of likely N-dealkylation sites (N-methyl/N-ethyl adjacent to an activating group) is 1. The van der Waals surface area contributed by atoms with Crippen LogP contribution in [0.4, 0.5) is 0 Å². The van der Waals surface area contributed by atoms with Gasteiger partial charge < -0.3 is 19.1 Å². The summed E-state index contributed by atoms with van der Waals surface area (Å²) in [5.74, 6) is 1.49. The number of benzene rings is 1. The number of allylic oxidation sites excluding steroid dienone is 1. The predicted molar refractivity (Wildman–Crippen MR) is 82.6 cm³/mol. The average molecular weight is 279 g/mol. The van der Waals surface area contributed by atoms with Crippen molar-refractivity contribution >= 4 is 6.08 Å². The molecule has 0 heterocycles. The van der Waals surface area contributed by atoms with E-state index >= 15 is 0 Å². The van der Waals surface area contributed by atoms with Crippen LogP contribution in [0.5, 0.6) is 11.5 Å². The Hall–Kier alpha value is -1.52. The molecule has 112 valence electrons. The summed E-state index contributed by atoms with van der Waals surface area (Å²) in [5, 5.41) is 0. The molecule has 0 aliphatic heterocycles. The summed E-state index contributed by atoms with van der Waals surface area (Å²) in [4.78, 5) is 2.09. The van der Waals surface area contributed by atoms with Gasteiger partial charge in [-0.2, -0.15) is 0 Å². The van der Waals surface area contributed by atoms with Gasteiger partial charge in [-0.15, -0.1) is 0 Å². The second-order valence-electron chi connectivity index (χ2n) is 4.67. The smallest absolute Gasteiger partial charge is 0.161 e. The van der Waals surface area contributed by atoms with Crippen molar-refractivity contribution in [2.24, 2.45) is 0 Å². The summed E-state index contributed by atoms with van der Waals surface area (Å²) in [6.07, 6.45) is 4.02. The fourth-order valence-corrected chi connectivity index (χ4v) is 1.66. The molecule has 0 aromatic heterocycles. The fraction of sp³-hybridized carbons (Fsp3) is 0.500. The van der Waals surface area contributed by atoms with Crippen LogP contribution in [0.1, 0.15) is 12.5 Å². The van der Waals surface area contributed by atoms with Crippen molar-refractivity contribution in [2.75, 3.05) is 47.6 Å². The van der Waals surface area contributed by atoms with E-state index in [1.807, 2.05) is 51.4 Å². The third-order valence-corrected chi connectivity index (χ3v) is 2.71. The number of nitrogens with zero attached hydrogens (tertiary/aromatic N) is 1. The van der Waals surface area contributed by atoms with Crippen LogP contribution in [0.3, 0.4) is 0 Å². The molecule has 1 aromatic carbocycles. The molecule has 0 spiro atoms. The summed E-state index contributed by atoms with van der Waals surface area (Å²) < 4.78 is 16.5. The van der Waals surface area contributed by atoms with E-state index in [1.165, 1.54) is 0 Å². The lowest BCUT2D eigenvalue weighted by Crippen LogP contribution is -2.19. The van der Waals surface area contributed by atoms with E-state index in [-0.39, 0.29) is 0 Å². The van der Waals surface area contributed by atoms with Gasteiger partial charge in [0.15, 0.2) is 11.5 Å². The third kappa shape index (κ3) is 6.08. The maximum absolute atomic E-state index is 5.68. The van der Waals surface area contributed by atoms with E-state index in [1.54, 1.807) is 7.11 Å². The normalized spacial score (nSPS) is 11.2. The van der Waals surface area contributed by atoms with Gasteiger partial charge in [-0.3, -0.25) is 0 Å². The first-order valence-corrected chi connectivity index (χ1v) is 6.83. The SMILES string of the molecule is C/C=C/c1ccc(OCCOCCN(C)C)c(OC)c1. The summed E-state index contributed by atoms with van der Waals surface area (Å²) >= 11 is 0. The van der Waals surface area contributed by atoms with Crippen molar-refractivity contribution in [1.29, 1.82) is 0 Å². The summed E-state index contributed by atoms with van der Waals surface area (Å²) in [6.45, 7) is 4.72. The monoisotopic (exact) mass is 279 g/mol. The van der Waals surface area contributed by atoms with E-state index in [2.05, 4.69) is 4.90 Å². The summed E-state index contributed by atoms with van der Waals surface area (Å²) in [7, 11) is 5.70. The van der Waals surface area contributed by atoms with Crippen molar-refractivity contribution in [3.63, 3.8) is 0 Å². The van der Waals surface area contributed by atoms with E-state index in [4.69, 9.17) is 14.2 Å². The zero-order valence-electron chi connectivity index (χ0n) is 12.9. The van der Waals surface area contributed by atoms with Crippen LogP contribution in [0, 0.1) is 0 Å². The number of hydrogen-bond donors (Lipinski definition) is 0. The molecular formula is C16H25NO3. The highest BCUT2D eigenvalue weighted by Crippen LogP contribution is 2.28. The van der Waals surface area contributed by atoms with Crippen LogP contribution in [-0.4, -0.2) is 52.5 Å². The van der Waals surface area contributed by atoms with Gasteiger partial charge in [0.25, 0.3) is 0 Å². The maximum Gasteiger partial charge on any atom is 0.161 e. The van der Waals surface area contributed by atoms with E-state index in [0.717, 1.165) is 23.6 Å². The minimum Gasteiger partial charge on any atom is -0.493 e. The van der Waals surface area contributed by atoms with Crippen LogP contribution < -0.4 is 9.47 Å². The number of methoxy groups -OCH3 is 1. The molecule has 0 saturated heterocycles. The molecule has 0 unspecified atom stereocenters. The average Bonchev–Trinajstić information content (AvgIpc) is 2.43. The third-order valence-electron chi connectivity index (χ3n) is 2.71. The minimum absolute atomic E-state index is 0.521. The molecule has 0 bridgehead atoms. The Morgan fingerprint density at radius 2 is 1.90 bits per heavy atom. The number of hydrogen-bond acceptors (Lipinski definition) is 4. The zero-order chi connectivity index (χ0) is 14.8. The van der Waals surface area contributed by atoms with Gasteiger partial charge in [-0.25, -0.2) is 0 Å². The Morgan fingerprint density at radius 3 is 2.55 bits per heavy atom. The molecule has 0 amide bonds. The molecule has 0 radical (unpaired) electrons. The highest BCUT2D eigenvalue weighted by atomic mass is 16.5. The van der Waals surface area contributed by atoms with Crippen molar-refractivity contribution < 1.29 is 14.2 Å². The minimum atomic E-state index is 0.521. The number of ether oxygens (including phenoxy) is 3. The second kappa shape index (κ2) is 9.39. The van der Waals surface area contributed by atoms with Crippen LogP contribution in [0.2, 0.25) is 0 Å². The van der Waals surface area contributed by atoms with Crippen molar-refractivity contribution in [3.05, 3.63) is 29.8 Å². The molecule has 1 aromatic rings. The van der Waals surface area contributed by atoms with Crippen molar-refractivity contribution in [2.45, 2.75) is 6.92 Å². The summed E-state index contributed by atoms with van der Waals surface area (Å²) in [5.41, 5.74) is 1.10. The van der Waals surface area contributed by atoms with Crippen LogP contribution in [0.25, 0.3) is 6.08 Å². The number of rotatable bonds is 9. The fourth-order valence-electron chi connectivity index (χ4n) is 1.66. The predicted octanol–water partition coefficient (Wildman–Crippen LogP) is 2.69. The van der Waals surface area contributed by atoms with Crippen molar-refractivity contribution in [1.82, 2.24) is 4.90 Å². The van der Waals surface area contributed by atoms with Gasteiger partial charge in [0.1, 0.15) is 6.61 Å². The van der Waals surface area contributed by atoms with E-state index in [0.29, 0.717) is 19.8 Å². The van der Waals surface area contributed by atoms with Crippen molar-refractivity contribution in [3.8, 4) is 11.5 Å². The quantitative estimate of drug-likeness (QED) is 0.650. The van der Waals surface area contributed by atoms with Gasteiger partial charge >= 0.3 is 0 Å². The molecular weight excluding hydrogens is 254 g/mol. The van der Waals surface area contributed by atoms with Gasteiger partial charge in [-0.1, -0.05) is 18.2 Å². The Bertz CT molecular complexity index is 416. The lowest BCUT2D eigenvalue weighted by atomic mass is 10.2. The first-order valence-electron chi connectivity index (χ1n) is 6.83. The first-order chi connectivity index (χ1) is 9.67. The zero-order valence-corrected chi connectivity index (χ0v) is 12.9. The standard InChI is InChI=1S/C16H25NO3/c1-5-6-14-7-8-15(16(13-14)18-4)20-12-11-19-10-9-17(2)3/h5-8,13H,9-12H2,1-4H3/b6-5+. The van der Waals surface area contributed by atoms with Crippen LogP contribution in [0.15, 0.2) is 24.3 Å². The molecule has 0 saturated carbocycles. The van der Waals surface area contributed by atoms with Gasteiger partial charge in [-0.05, 0) is 38.7 Å². The Labute approximate surface area is 121 Å². The van der Waals surface area contributed by atoms with E-state index in [9.17, 15) is 0 Å². The highest BCUT2D eigenvalue weighted by molar-refractivity contribution is 5.55. The molecule has 4 heteroatoms. The summed E-state index contributed by atoms with van der Waals surface area (Å²) in [6, 6.07) is 5.89. The molecule has 0 aliphatic rings. The molecule has 0 N–H and O–H groups in total. The topological polar surface area (TPSA) is 30.9 Å². The Morgan fingerprint density at radius 1 is 1.10 bits per heavy atom. The molecule has 0 fully saturated rings. The van der Waals surface area contributed by atoms with Crippen LogP contribution >= 0.6 is 0 Å².